The van der Waals surface area contributed by atoms with Gasteiger partial charge in [-0.25, -0.2) is 0 Å². The van der Waals surface area contributed by atoms with Crippen molar-refractivity contribution in [3.63, 3.8) is 0 Å². The molecular weight excluding hydrogens is 435 g/mol. The van der Waals surface area contributed by atoms with Crippen molar-refractivity contribution in [2.24, 2.45) is 0 Å². The minimum absolute atomic E-state index is 0.347. The fourth-order valence-corrected chi connectivity index (χ4v) is 3.28. The average Bonchev–Trinajstić information content (AvgIpc) is 2.64. The van der Waals surface area contributed by atoms with Gasteiger partial charge in [-0.05, 0) is 31.2 Å². The number of aryl methyl sites for hydroxylation is 1. The van der Waals surface area contributed by atoms with E-state index in [2.05, 4.69) is 4.18 Å². The number of rotatable bonds is 6. The molecule has 162 valence electrons. The van der Waals surface area contributed by atoms with Crippen molar-refractivity contribution in [2.75, 3.05) is 0 Å². The van der Waals surface area contributed by atoms with Gasteiger partial charge in [0.1, 0.15) is 4.90 Å². The fraction of sp³-hybridized carbons (Fsp3) is 0.211. The Balaban J connectivity index is 2.47. The third-order valence-corrected chi connectivity index (χ3v) is 5.01. The van der Waals surface area contributed by atoms with Crippen molar-refractivity contribution in [2.45, 2.75) is 31.0 Å². The smallest absolute Gasteiger partial charge is 0.416 e. The molecule has 0 aliphatic carbocycles. The topological polar surface area (TPSA) is 69.7 Å². The van der Waals surface area contributed by atoms with Gasteiger partial charge in [0.15, 0.2) is 6.10 Å². The van der Waals surface area contributed by atoms with Crippen LogP contribution in [0.25, 0.3) is 0 Å². The normalized spacial score (nSPS) is 12.8. The number of esters is 1. The molecule has 30 heavy (non-hydrogen) atoms. The van der Waals surface area contributed by atoms with Crippen LogP contribution >= 0.6 is 0 Å². The van der Waals surface area contributed by atoms with E-state index in [9.17, 15) is 35.2 Å². The number of halogens is 5. The van der Waals surface area contributed by atoms with Crippen molar-refractivity contribution in [1.29, 1.82) is 0 Å². The molecule has 2 aromatic rings. The molecule has 1 unspecified atom stereocenters. The minimum Gasteiger partial charge on any atom is -0.449 e. The fourth-order valence-electron chi connectivity index (χ4n) is 2.33. The highest BCUT2D eigenvalue weighted by Gasteiger charge is 2.34. The van der Waals surface area contributed by atoms with E-state index in [-0.39, 0.29) is 5.56 Å². The second-order valence-electron chi connectivity index (χ2n) is 6.08. The van der Waals surface area contributed by atoms with Gasteiger partial charge in [-0.2, -0.15) is 30.4 Å². The molecule has 0 amide bonds. The number of ether oxygens (including phenoxy) is 1. The lowest BCUT2D eigenvalue weighted by Gasteiger charge is -2.20. The molecule has 0 aliphatic heterocycles. The molecule has 0 aliphatic rings. The molecule has 0 bridgehead atoms. The number of hydrogen-bond acceptors (Lipinski definition) is 5. The van der Waals surface area contributed by atoms with E-state index in [1.807, 2.05) is 0 Å². The van der Waals surface area contributed by atoms with E-state index in [1.165, 1.54) is 12.1 Å². The largest absolute Gasteiger partial charge is 0.449 e. The Bertz CT molecular complexity index is 1040. The van der Waals surface area contributed by atoms with Crippen LogP contribution in [0.3, 0.4) is 0 Å². The molecule has 0 aromatic heterocycles. The van der Waals surface area contributed by atoms with Crippen LogP contribution in [-0.4, -0.2) is 14.4 Å². The van der Waals surface area contributed by atoms with E-state index in [0.29, 0.717) is 17.7 Å². The van der Waals surface area contributed by atoms with Gasteiger partial charge in [-0.3, -0.25) is 4.79 Å². The molecule has 0 saturated carbocycles. The highest BCUT2D eigenvalue weighted by molar-refractivity contribution is 7.86. The van der Waals surface area contributed by atoms with Crippen LogP contribution in [-0.2, 0) is 30.0 Å². The Hall–Kier alpha value is -2.95. The van der Waals surface area contributed by atoms with Gasteiger partial charge in [0.25, 0.3) is 0 Å². The zero-order valence-electron chi connectivity index (χ0n) is 15.5. The second kappa shape index (κ2) is 8.82. The summed E-state index contributed by atoms with van der Waals surface area (Å²) in [5, 5.41) is 0. The predicted octanol–water partition coefficient (Wildman–Crippen LogP) is 5.13. The Labute approximate surface area is 168 Å². The second-order valence-corrected chi connectivity index (χ2v) is 7.63. The zero-order valence-corrected chi connectivity index (χ0v) is 16.4. The molecule has 0 spiro atoms. The molecule has 1 atom stereocenters. The highest BCUT2D eigenvalue weighted by atomic mass is 32.2. The Morgan fingerprint density at radius 1 is 0.967 bits per heavy atom. The van der Waals surface area contributed by atoms with E-state index in [1.54, 1.807) is 6.92 Å². The first kappa shape index (κ1) is 23.3. The molecular formula is C19H15F5O5S. The number of carbonyl (C=O) groups is 1. The summed E-state index contributed by atoms with van der Waals surface area (Å²) < 4.78 is 99.4. The number of alkyl halides is 3. The molecule has 0 fully saturated rings. The maximum atomic E-state index is 13.6. The Morgan fingerprint density at radius 2 is 1.50 bits per heavy atom. The van der Waals surface area contributed by atoms with Gasteiger partial charge in [-0.1, -0.05) is 29.8 Å². The summed E-state index contributed by atoms with van der Waals surface area (Å²) in [6.07, 6.45) is -9.41. The monoisotopic (exact) mass is 450 g/mol. The van der Waals surface area contributed by atoms with Crippen LogP contribution in [0, 0.1) is 6.92 Å². The van der Waals surface area contributed by atoms with Crippen LogP contribution in [0.15, 0.2) is 65.3 Å². The summed E-state index contributed by atoms with van der Waals surface area (Å²) in [7, 11) is -4.75. The van der Waals surface area contributed by atoms with Gasteiger partial charge in [-0.15, -0.1) is 0 Å². The van der Waals surface area contributed by atoms with Crippen LogP contribution in [0.1, 0.15) is 29.7 Å². The number of benzene rings is 2. The van der Waals surface area contributed by atoms with E-state index >= 15 is 0 Å². The van der Waals surface area contributed by atoms with Crippen LogP contribution < -0.4 is 0 Å². The van der Waals surface area contributed by atoms with Crippen molar-refractivity contribution in [3.05, 3.63) is 77.1 Å². The van der Waals surface area contributed by atoms with Crippen molar-refractivity contribution >= 4 is 16.1 Å². The average molecular weight is 450 g/mol. The first-order valence-electron chi connectivity index (χ1n) is 8.22. The highest BCUT2D eigenvalue weighted by Crippen LogP contribution is 2.35. The molecule has 0 radical (unpaired) electrons. The first-order chi connectivity index (χ1) is 13.8. The van der Waals surface area contributed by atoms with E-state index < -0.39 is 50.7 Å². The third kappa shape index (κ3) is 5.78. The summed E-state index contributed by atoms with van der Waals surface area (Å²) in [5.41, 5.74) is -0.726. The van der Waals surface area contributed by atoms with E-state index in [0.717, 1.165) is 31.2 Å². The molecule has 11 heteroatoms. The predicted molar refractivity (Wildman–Crippen MR) is 94.6 cm³/mol. The lowest BCUT2D eigenvalue weighted by molar-refractivity contribution is -0.146. The van der Waals surface area contributed by atoms with Crippen molar-refractivity contribution in [3.8, 4) is 0 Å². The van der Waals surface area contributed by atoms with Gasteiger partial charge >= 0.3 is 28.3 Å². The third-order valence-electron chi connectivity index (χ3n) is 3.76. The molecule has 0 heterocycles. The molecule has 2 rings (SSSR count). The van der Waals surface area contributed by atoms with Crippen molar-refractivity contribution in [1.82, 2.24) is 0 Å². The number of carbonyl (C=O) groups excluding carboxylic acids is 1. The van der Waals surface area contributed by atoms with Gasteiger partial charge in [0.2, 0.25) is 5.76 Å². The van der Waals surface area contributed by atoms with Gasteiger partial charge < -0.3 is 8.92 Å². The summed E-state index contributed by atoms with van der Waals surface area (Å²) in [6, 6.07) is 7.77. The van der Waals surface area contributed by atoms with Crippen molar-refractivity contribution < 1.29 is 44.1 Å². The standard InChI is InChI=1S/C19H15F5O5S/c1-11-3-9-15(10-4-11)30(26,27)29-17(18(20)21)16(28-12(2)25)13-5-7-14(8-6-13)19(22,23)24/h3-10,16H,1-2H3. The SMILES string of the molecule is CC(=O)OC(C(OS(=O)(=O)c1ccc(C)cc1)=C(F)F)c1ccc(C(F)(F)F)cc1. The Morgan fingerprint density at radius 3 is 1.93 bits per heavy atom. The zero-order chi connectivity index (χ0) is 22.7. The molecule has 0 N–H and O–H groups in total. The summed E-state index contributed by atoms with van der Waals surface area (Å²) >= 11 is 0. The lowest BCUT2D eigenvalue weighted by Crippen LogP contribution is -2.17. The summed E-state index contributed by atoms with van der Waals surface area (Å²) in [6.45, 7) is 2.53. The Kier molecular flexibility index (Phi) is 6.86. The van der Waals surface area contributed by atoms with E-state index in [4.69, 9.17) is 4.74 Å². The molecule has 0 saturated heterocycles. The lowest BCUT2D eigenvalue weighted by atomic mass is 10.1. The molecule has 5 nitrogen and oxygen atoms in total. The van der Waals surface area contributed by atoms with Crippen LogP contribution in [0.4, 0.5) is 22.0 Å². The van der Waals surface area contributed by atoms with Gasteiger partial charge in [0, 0.05) is 12.5 Å². The van der Waals surface area contributed by atoms with Crippen LogP contribution in [0.5, 0.6) is 0 Å². The molecule has 2 aromatic carbocycles. The summed E-state index contributed by atoms with van der Waals surface area (Å²) in [4.78, 5) is 10.9. The summed E-state index contributed by atoms with van der Waals surface area (Å²) in [5.74, 6) is -2.62. The van der Waals surface area contributed by atoms with Gasteiger partial charge in [0.05, 0.1) is 5.56 Å². The minimum atomic E-state index is -4.75. The number of hydrogen-bond donors (Lipinski definition) is 0. The quantitative estimate of drug-likeness (QED) is 0.264. The maximum Gasteiger partial charge on any atom is 0.416 e. The first-order valence-corrected chi connectivity index (χ1v) is 9.63. The maximum absolute atomic E-state index is 13.6. The van der Waals surface area contributed by atoms with Crippen LogP contribution in [0.2, 0.25) is 0 Å².